The lowest BCUT2D eigenvalue weighted by atomic mass is 10.1. The van der Waals surface area contributed by atoms with E-state index in [1.165, 1.54) is 19.3 Å². The largest absolute Gasteiger partial charge is 0.456 e. The standard InChI is InChI=1S/C23H25ClN2O4/c24-18-6-4-17(5-7-18)21(27)12-13-23(29)30-16-22(28)25-19-8-10-20(11-9-19)26-14-2-1-3-15-26/h4-11H,1-3,12-16H2,(H,25,28). The van der Waals surface area contributed by atoms with Crippen LogP contribution in [0.4, 0.5) is 11.4 Å². The summed E-state index contributed by atoms with van der Waals surface area (Å²) in [4.78, 5) is 38.2. The van der Waals surface area contributed by atoms with E-state index in [0.29, 0.717) is 16.3 Å². The first-order valence-corrected chi connectivity index (χ1v) is 10.5. The minimum Gasteiger partial charge on any atom is -0.456 e. The second kappa shape index (κ2) is 10.8. The summed E-state index contributed by atoms with van der Waals surface area (Å²) in [6.45, 7) is 1.73. The van der Waals surface area contributed by atoms with Crippen LogP contribution in [0.3, 0.4) is 0 Å². The molecule has 1 saturated heterocycles. The number of anilines is 2. The molecule has 2 aromatic carbocycles. The number of halogens is 1. The molecule has 0 unspecified atom stereocenters. The lowest BCUT2D eigenvalue weighted by molar-refractivity contribution is -0.147. The third kappa shape index (κ3) is 6.59. The first-order chi connectivity index (χ1) is 14.5. The summed E-state index contributed by atoms with van der Waals surface area (Å²) in [6.07, 6.45) is 3.61. The molecule has 2 aromatic rings. The van der Waals surface area contributed by atoms with Crippen molar-refractivity contribution >= 4 is 40.6 Å². The van der Waals surface area contributed by atoms with Gasteiger partial charge in [-0.3, -0.25) is 14.4 Å². The number of Topliss-reactive ketones (excluding diaryl/α,β-unsaturated/α-hetero) is 1. The average Bonchev–Trinajstić information content (AvgIpc) is 2.77. The highest BCUT2D eigenvalue weighted by Crippen LogP contribution is 2.21. The summed E-state index contributed by atoms with van der Waals surface area (Å²) in [5.41, 5.74) is 2.28. The van der Waals surface area contributed by atoms with E-state index in [4.69, 9.17) is 16.3 Å². The predicted octanol–water partition coefficient (Wildman–Crippen LogP) is 4.48. The number of amides is 1. The Morgan fingerprint density at radius 2 is 1.57 bits per heavy atom. The molecule has 0 aliphatic carbocycles. The number of ketones is 1. The number of benzene rings is 2. The van der Waals surface area contributed by atoms with Crippen molar-refractivity contribution < 1.29 is 19.1 Å². The monoisotopic (exact) mass is 428 g/mol. The molecule has 1 aliphatic heterocycles. The quantitative estimate of drug-likeness (QED) is 0.495. The minimum atomic E-state index is -0.590. The van der Waals surface area contributed by atoms with Crippen LogP contribution in [-0.2, 0) is 14.3 Å². The molecule has 158 valence electrons. The van der Waals surface area contributed by atoms with Gasteiger partial charge in [-0.25, -0.2) is 0 Å². The molecule has 7 heteroatoms. The Labute approximate surface area is 181 Å². The minimum absolute atomic E-state index is 0.0139. The number of carbonyl (C=O) groups is 3. The molecule has 0 radical (unpaired) electrons. The van der Waals surface area contributed by atoms with Crippen LogP contribution in [0.2, 0.25) is 5.02 Å². The summed E-state index contributed by atoms with van der Waals surface area (Å²) in [5, 5.41) is 3.25. The number of ether oxygens (including phenoxy) is 1. The number of carbonyl (C=O) groups excluding carboxylic acids is 3. The fourth-order valence-corrected chi connectivity index (χ4v) is 3.44. The Kier molecular flexibility index (Phi) is 7.85. The fourth-order valence-electron chi connectivity index (χ4n) is 3.32. The topological polar surface area (TPSA) is 75.7 Å². The van der Waals surface area contributed by atoms with Crippen LogP contribution in [0.1, 0.15) is 42.5 Å². The average molecular weight is 429 g/mol. The van der Waals surface area contributed by atoms with E-state index in [-0.39, 0.29) is 25.2 Å². The molecule has 1 N–H and O–H groups in total. The van der Waals surface area contributed by atoms with Crippen molar-refractivity contribution in [3.05, 3.63) is 59.1 Å². The molecule has 1 fully saturated rings. The van der Waals surface area contributed by atoms with Gasteiger partial charge in [-0.15, -0.1) is 0 Å². The number of nitrogens with one attached hydrogen (secondary N) is 1. The summed E-state index contributed by atoms with van der Waals surface area (Å²) in [6, 6.07) is 14.1. The highest BCUT2D eigenvalue weighted by molar-refractivity contribution is 6.30. The van der Waals surface area contributed by atoms with Gasteiger partial charge in [-0.05, 0) is 67.8 Å². The van der Waals surface area contributed by atoms with E-state index >= 15 is 0 Å². The van der Waals surface area contributed by atoms with Gasteiger partial charge in [-0.1, -0.05) is 11.6 Å². The van der Waals surface area contributed by atoms with Crippen LogP contribution in [0.15, 0.2) is 48.5 Å². The number of hydrogen-bond donors (Lipinski definition) is 1. The van der Waals surface area contributed by atoms with Crippen molar-refractivity contribution in [2.75, 3.05) is 29.9 Å². The maximum atomic E-state index is 12.0. The molecule has 1 amide bonds. The molecule has 0 atom stereocenters. The van der Waals surface area contributed by atoms with Gasteiger partial charge in [0.2, 0.25) is 0 Å². The Morgan fingerprint density at radius 1 is 0.900 bits per heavy atom. The fraction of sp³-hybridized carbons (Fsp3) is 0.348. The molecule has 6 nitrogen and oxygen atoms in total. The van der Waals surface area contributed by atoms with Crippen molar-refractivity contribution in [1.29, 1.82) is 0 Å². The number of nitrogens with zero attached hydrogens (tertiary/aromatic N) is 1. The molecule has 1 heterocycles. The number of hydrogen-bond acceptors (Lipinski definition) is 5. The van der Waals surface area contributed by atoms with E-state index in [1.807, 2.05) is 24.3 Å². The van der Waals surface area contributed by atoms with E-state index in [1.54, 1.807) is 24.3 Å². The lowest BCUT2D eigenvalue weighted by Crippen LogP contribution is -2.29. The van der Waals surface area contributed by atoms with Crippen LogP contribution >= 0.6 is 11.6 Å². The molecule has 0 bridgehead atoms. The Morgan fingerprint density at radius 3 is 2.23 bits per heavy atom. The van der Waals surface area contributed by atoms with E-state index in [9.17, 15) is 14.4 Å². The van der Waals surface area contributed by atoms with Crippen molar-refractivity contribution in [2.45, 2.75) is 32.1 Å². The molecule has 3 rings (SSSR count). The van der Waals surface area contributed by atoms with E-state index in [2.05, 4.69) is 10.2 Å². The smallest absolute Gasteiger partial charge is 0.306 e. The summed E-state index contributed by atoms with van der Waals surface area (Å²) >= 11 is 5.79. The van der Waals surface area contributed by atoms with Gasteiger partial charge in [0.15, 0.2) is 12.4 Å². The highest BCUT2D eigenvalue weighted by Gasteiger charge is 2.13. The predicted molar refractivity (Wildman–Crippen MR) is 117 cm³/mol. The number of esters is 1. The zero-order chi connectivity index (χ0) is 21.3. The van der Waals surface area contributed by atoms with Crippen LogP contribution in [0, 0.1) is 0 Å². The second-order valence-corrected chi connectivity index (χ2v) is 7.67. The number of piperidine rings is 1. The third-order valence-corrected chi connectivity index (χ3v) is 5.21. The molecule has 30 heavy (non-hydrogen) atoms. The van der Waals surface area contributed by atoms with Crippen LogP contribution in [-0.4, -0.2) is 37.4 Å². The van der Waals surface area contributed by atoms with Gasteiger partial charge in [0.25, 0.3) is 5.91 Å². The summed E-state index contributed by atoms with van der Waals surface area (Å²) in [5.74, 6) is -1.19. The zero-order valence-electron chi connectivity index (χ0n) is 16.7. The first-order valence-electron chi connectivity index (χ1n) is 10.1. The SMILES string of the molecule is O=C(COC(=O)CCC(=O)c1ccc(Cl)cc1)Nc1ccc(N2CCCCC2)cc1. The summed E-state index contributed by atoms with van der Waals surface area (Å²) in [7, 11) is 0. The zero-order valence-corrected chi connectivity index (χ0v) is 17.5. The van der Waals surface area contributed by atoms with Gasteiger partial charge in [0.05, 0.1) is 6.42 Å². The van der Waals surface area contributed by atoms with Gasteiger partial charge in [-0.2, -0.15) is 0 Å². The van der Waals surface area contributed by atoms with Gasteiger partial charge in [0, 0.05) is 41.5 Å². The van der Waals surface area contributed by atoms with Crippen molar-refractivity contribution in [3.63, 3.8) is 0 Å². The molecular formula is C23H25ClN2O4. The maximum absolute atomic E-state index is 12.0. The Bertz CT molecular complexity index is 875. The van der Waals surface area contributed by atoms with Crippen molar-refractivity contribution in [1.82, 2.24) is 0 Å². The third-order valence-electron chi connectivity index (χ3n) is 4.96. The maximum Gasteiger partial charge on any atom is 0.306 e. The Balaban J connectivity index is 1.38. The van der Waals surface area contributed by atoms with Crippen LogP contribution in [0.25, 0.3) is 0 Å². The van der Waals surface area contributed by atoms with Crippen molar-refractivity contribution in [2.24, 2.45) is 0 Å². The Hall–Kier alpha value is -2.86. The summed E-state index contributed by atoms with van der Waals surface area (Å²) < 4.78 is 4.97. The van der Waals surface area contributed by atoms with Gasteiger partial charge in [0.1, 0.15) is 0 Å². The number of rotatable bonds is 8. The van der Waals surface area contributed by atoms with Crippen LogP contribution in [0.5, 0.6) is 0 Å². The molecule has 1 aliphatic rings. The van der Waals surface area contributed by atoms with Crippen molar-refractivity contribution in [3.8, 4) is 0 Å². The second-order valence-electron chi connectivity index (χ2n) is 7.23. The van der Waals surface area contributed by atoms with E-state index in [0.717, 1.165) is 18.8 Å². The highest BCUT2D eigenvalue weighted by atomic mass is 35.5. The van der Waals surface area contributed by atoms with Gasteiger partial charge < -0.3 is 15.0 Å². The first kappa shape index (κ1) is 21.8. The molecular weight excluding hydrogens is 404 g/mol. The van der Waals surface area contributed by atoms with E-state index < -0.39 is 11.9 Å². The van der Waals surface area contributed by atoms with Gasteiger partial charge >= 0.3 is 5.97 Å². The lowest BCUT2D eigenvalue weighted by Gasteiger charge is -2.28. The van der Waals surface area contributed by atoms with Crippen LogP contribution < -0.4 is 10.2 Å². The molecule has 0 spiro atoms. The normalized spacial score (nSPS) is 13.6. The molecule has 0 saturated carbocycles. The molecule has 0 aromatic heterocycles.